The number of amides is 1. The van der Waals surface area contributed by atoms with Gasteiger partial charge in [-0.2, -0.15) is 0 Å². The maximum absolute atomic E-state index is 12.6. The van der Waals surface area contributed by atoms with Gasteiger partial charge >= 0.3 is 6.09 Å². The van der Waals surface area contributed by atoms with Gasteiger partial charge in [0.15, 0.2) is 0 Å². The molecule has 1 aromatic rings. The number of nitrogens with one attached hydrogen (secondary N) is 1. The molecule has 26 heavy (non-hydrogen) atoms. The van der Waals surface area contributed by atoms with Crippen LogP contribution in [0.2, 0.25) is 0 Å². The topological polar surface area (TPSA) is 75.7 Å². The van der Waals surface area contributed by atoms with E-state index >= 15 is 0 Å². The van der Waals surface area contributed by atoms with Crippen molar-refractivity contribution in [1.82, 2.24) is 9.62 Å². The highest BCUT2D eigenvalue weighted by atomic mass is 32.2. The Morgan fingerprint density at radius 2 is 1.77 bits per heavy atom. The van der Waals surface area contributed by atoms with Gasteiger partial charge in [-0.15, -0.1) is 0 Å². The molecule has 0 spiro atoms. The first kappa shape index (κ1) is 20.7. The van der Waals surface area contributed by atoms with Crippen molar-refractivity contribution in [3.05, 3.63) is 29.8 Å². The Labute approximate surface area is 157 Å². The molecule has 7 heteroatoms. The SMILES string of the molecule is CCCc1ccc(S(=O)(=O)NC2CCN(C(=O)OC(C)(C)C)CC2)cc1. The fourth-order valence-corrected chi connectivity index (χ4v) is 4.22. The van der Waals surface area contributed by atoms with Gasteiger partial charge in [0.2, 0.25) is 10.0 Å². The number of sulfonamides is 1. The highest BCUT2D eigenvalue weighted by molar-refractivity contribution is 7.89. The van der Waals surface area contributed by atoms with Gasteiger partial charge < -0.3 is 9.64 Å². The summed E-state index contributed by atoms with van der Waals surface area (Å²) in [4.78, 5) is 14.0. The van der Waals surface area contributed by atoms with E-state index in [-0.39, 0.29) is 17.0 Å². The Morgan fingerprint density at radius 1 is 1.19 bits per heavy atom. The highest BCUT2D eigenvalue weighted by Gasteiger charge is 2.29. The number of rotatable bonds is 5. The summed E-state index contributed by atoms with van der Waals surface area (Å²) in [5.41, 5.74) is 0.608. The summed E-state index contributed by atoms with van der Waals surface area (Å²) in [5, 5.41) is 0. The number of carbonyl (C=O) groups excluding carboxylic acids is 1. The summed E-state index contributed by atoms with van der Waals surface area (Å²) < 4.78 is 33.2. The van der Waals surface area contributed by atoms with Crippen LogP contribution in [0.3, 0.4) is 0 Å². The van der Waals surface area contributed by atoms with Gasteiger partial charge in [0.05, 0.1) is 4.90 Å². The lowest BCUT2D eigenvalue weighted by Crippen LogP contribution is -2.47. The summed E-state index contributed by atoms with van der Waals surface area (Å²) in [7, 11) is -3.54. The molecule has 1 aromatic carbocycles. The molecule has 0 atom stereocenters. The number of likely N-dealkylation sites (tertiary alicyclic amines) is 1. The minimum absolute atomic E-state index is 0.172. The molecule has 0 radical (unpaired) electrons. The summed E-state index contributed by atoms with van der Waals surface area (Å²) in [5.74, 6) is 0. The quantitative estimate of drug-likeness (QED) is 0.848. The van der Waals surface area contributed by atoms with Crippen molar-refractivity contribution in [2.45, 2.75) is 69.9 Å². The smallest absolute Gasteiger partial charge is 0.410 e. The summed E-state index contributed by atoms with van der Waals surface area (Å²) >= 11 is 0. The normalized spacial score (nSPS) is 16.5. The number of piperidine rings is 1. The highest BCUT2D eigenvalue weighted by Crippen LogP contribution is 2.18. The minimum Gasteiger partial charge on any atom is -0.444 e. The fraction of sp³-hybridized carbons (Fsp3) is 0.632. The number of hydrogen-bond acceptors (Lipinski definition) is 4. The minimum atomic E-state index is -3.54. The zero-order valence-corrected chi connectivity index (χ0v) is 16.9. The second kappa shape index (κ2) is 8.39. The van der Waals surface area contributed by atoms with Crippen molar-refractivity contribution in [2.24, 2.45) is 0 Å². The number of hydrogen-bond donors (Lipinski definition) is 1. The van der Waals surface area contributed by atoms with Crippen LogP contribution in [0.4, 0.5) is 4.79 Å². The molecule has 146 valence electrons. The molecule has 0 unspecified atom stereocenters. The summed E-state index contributed by atoms with van der Waals surface area (Å²) in [6.07, 6.45) is 2.78. The predicted molar refractivity (Wildman–Crippen MR) is 102 cm³/mol. The van der Waals surface area contributed by atoms with Crippen LogP contribution >= 0.6 is 0 Å². The standard InChI is InChI=1S/C19H30N2O4S/c1-5-6-15-7-9-17(10-8-15)26(23,24)20-16-11-13-21(14-12-16)18(22)25-19(2,3)4/h7-10,16,20H,5-6,11-14H2,1-4H3. The Kier molecular flexibility index (Phi) is 6.69. The van der Waals surface area contributed by atoms with Gasteiger partial charge in [-0.25, -0.2) is 17.9 Å². The molecule has 1 saturated heterocycles. The van der Waals surface area contributed by atoms with Gasteiger partial charge in [-0.05, 0) is 57.7 Å². The Morgan fingerprint density at radius 3 is 2.27 bits per heavy atom. The molecular formula is C19H30N2O4S. The van der Waals surface area contributed by atoms with Crippen LogP contribution in [0.5, 0.6) is 0 Å². The molecule has 1 heterocycles. The molecule has 0 bridgehead atoms. The van der Waals surface area contributed by atoms with Gasteiger partial charge in [0.1, 0.15) is 5.60 Å². The van der Waals surface area contributed by atoms with Crippen molar-refractivity contribution in [1.29, 1.82) is 0 Å². The number of ether oxygens (including phenoxy) is 1. The lowest BCUT2D eigenvalue weighted by Gasteiger charge is -2.33. The lowest BCUT2D eigenvalue weighted by atomic mass is 10.1. The number of aryl methyl sites for hydroxylation is 1. The van der Waals surface area contributed by atoms with Crippen molar-refractivity contribution in [2.75, 3.05) is 13.1 Å². The lowest BCUT2D eigenvalue weighted by molar-refractivity contribution is 0.0203. The predicted octanol–water partition coefficient (Wildman–Crippen LogP) is 3.32. The molecule has 1 aliphatic heterocycles. The van der Waals surface area contributed by atoms with Crippen LogP contribution in [0, 0.1) is 0 Å². The first-order chi connectivity index (χ1) is 12.1. The molecule has 6 nitrogen and oxygen atoms in total. The van der Waals surface area contributed by atoms with E-state index in [0.29, 0.717) is 25.9 Å². The zero-order valence-electron chi connectivity index (χ0n) is 16.1. The van der Waals surface area contributed by atoms with Crippen LogP contribution in [-0.2, 0) is 21.2 Å². The molecule has 0 saturated carbocycles. The molecule has 1 fully saturated rings. The van der Waals surface area contributed by atoms with Gasteiger partial charge in [0.25, 0.3) is 0 Å². The van der Waals surface area contributed by atoms with E-state index < -0.39 is 15.6 Å². The third-order valence-corrected chi connectivity index (χ3v) is 5.78. The summed E-state index contributed by atoms with van der Waals surface area (Å²) in [6.45, 7) is 8.55. The van der Waals surface area contributed by atoms with E-state index in [1.165, 1.54) is 0 Å². The first-order valence-electron chi connectivity index (χ1n) is 9.20. The van der Waals surface area contributed by atoms with Crippen molar-refractivity contribution in [3.8, 4) is 0 Å². The average Bonchev–Trinajstić information content (AvgIpc) is 2.54. The molecule has 2 rings (SSSR count). The largest absolute Gasteiger partial charge is 0.444 e. The van der Waals surface area contributed by atoms with Gasteiger partial charge in [0, 0.05) is 19.1 Å². The van der Waals surface area contributed by atoms with Crippen LogP contribution in [0.15, 0.2) is 29.2 Å². The van der Waals surface area contributed by atoms with Crippen LogP contribution < -0.4 is 4.72 Å². The average molecular weight is 383 g/mol. The second-order valence-electron chi connectivity index (χ2n) is 7.76. The Balaban J connectivity index is 1.90. The monoisotopic (exact) mass is 382 g/mol. The Bertz CT molecular complexity index is 700. The molecular weight excluding hydrogens is 352 g/mol. The van der Waals surface area contributed by atoms with Crippen LogP contribution in [0.1, 0.15) is 52.5 Å². The fourth-order valence-electron chi connectivity index (χ4n) is 2.92. The maximum atomic E-state index is 12.6. The third-order valence-electron chi connectivity index (χ3n) is 4.24. The van der Waals surface area contributed by atoms with E-state index in [2.05, 4.69) is 11.6 Å². The number of benzene rings is 1. The zero-order chi connectivity index (χ0) is 19.4. The van der Waals surface area contributed by atoms with E-state index in [4.69, 9.17) is 4.74 Å². The molecule has 0 aliphatic carbocycles. The second-order valence-corrected chi connectivity index (χ2v) is 9.47. The first-order valence-corrected chi connectivity index (χ1v) is 10.7. The van der Waals surface area contributed by atoms with E-state index in [0.717, 1.165) is 18.4 Å². The summed E-state index contributed by atoms with van der Waals surface area (Å²) in [6, 6.07) is 6.87. The van der Waals surface area contributed by atoms with Crippen LogP contribution in [0.25, 0.3) is 0 Å². The molecule has 1 amide bonds. The number of nitrogens with zero attached hydrogens (tertiary/aromatic N) is 1. The van der Waals surface area contributed by atoms with Gasteiger partial charge in [-0.3, -0.25) is 0 Å². The van der Waals surface area contributed by atoms with E-state index in [1.54, 1.807) is 17.0 Å². The van der Waals surface area contributed by atoms with Crippen LogP contribution in [-0.4, -0.2) is 44.1 Å². The third kappa shape index (κ3) is 5.99. The van der Waals surface area contributed by atoms with Crippen molar-refractivity contribution in [3.63, 3.8) is 0 Å². The van der Waals surface area contributed by atoms with Crippen molar-refractivity contribution < 1.29 is 17.9 Å². The maximum Gasteiger partial charge on any atom is 0.410 e. The number of carbonyl (C=O) groups is 1. The molecule has 1 aliphatic rings. The molecule has 1 N–H and O–H groups in total. The Hall–Kier alpha value is -1.60. The molecule has 0 aromatic heterocycles. The van der Waals surface area contributed by atoms with Gasteiger partial charge in [-0.1, -0.05) is 25.5 Å². The van der Waals surface area contributed by atoms with E-state index in [9.17, 15) is 13.2 Å². The van der Waals surface area contributed by atoms with E-state index in [1.807, 2.05) is 32.9 Å². The van der Waals surface area contributed by atoms with Crippen molar-refractivity contribution >= 4 is 16.1 Å².